The van der Waals surface area contributed by atoms with Gasteiger partial charge in [0, 0.05) is 42.6 Å². The van der Waals surface area contributed by atoms with E-state index in [1.807, 2.05) is 24.3 Å². The molecule has 1 heterocycles. The normalized spacial score (nSPS) is 15.2. The number of carbonyl (C=O) groups excluding carboxylic acids is 2. The quantitative estimate of drug-likeness (QED) is 0.600. The maximum atomic E-state index is 12.2. The Hall–Kier alpha value is -3.42. The SMILES string of the molecule is O=C(CCNC(=O)c1ccc([N+](=O)[O-])cc1)N[C@@H]1CCOc2ccccc21. The molecule has 1 aliphatic rings. The van der Waals surface area contributed by atoms with Crippen LogP contribution in [0, 0.1) is 10.1 Å². The van der Waals surface area contributed by atoms with Crippen molar-refractivity contribution in [1.82, 2.24) is 10.6 Å². The van der Waals surface area contributed by atoms with Crippen molar-refractivity contribution in [3.05, 3.63) is 69.8 Å². The van der Waals surface area contributed by atoms with Crippen LogP contribution in [-0.2, 0) is 4.79 Å². The van der Waals surface area contributed by atoms with E-state index in [4.69, 9.17) is 4.74 Å². The maximum Gasteiger partial charge on any atom is 0.269 e. The smallest absolute Gasteiger partial charge is 0.269 e. The first-order valence-corrected chi connectivity index (χ1v) is 8.58. The second-order valence-electron chi connectivity index (χ2n) is 6.10. The van der Waals surface area contributed by atoms with Gasteiger partial charge < -0.3 is 15.4 Å². The van der Waals surface area contributed by atoms with Gasteiger partial charge in [-0.15, -0.1) is 0 Å². The summed E-state index contributed by atoms with van der Waals surface area (Å²) >= 11 is 0. The molecule has 0 unspecified atom stereocenters. The first-order valence-electron chi connectivity index (χ1n) is 8.58. The molecule has 0 radical (unpaired) electrons. The van der Waals surface area contributed by atoms with Crippen LogP contribution in [0.15, 0.2) is 48.5 Å². The van der Waals surface area contributed by atoms with Gasteiger partial charge in [-0.1, -0.05) is 18.2 Å². The molecular formula is C19H19N3O5. The number of non-ortho nitro benzene ring substituents is 1. The minimum absolute atomic E-state index is 0.0809. The monoisotopic (exact) mass is 369 g/mol. The van der Waals surface area contributed by atoms with Gasteiger partial charge in [0.2, 0.25) is 5.91 Å². The van der Waals surface area contributed by atoms with E-state index in [0.29, 0.717) is 18.6 Å². The Balaban J connectivity index is 1.47. The largest absolute Gasteiger partial charge is 0.493 e. The summed E-state index contributed by atoms with van der Waals surface area (Å²) in [4.78, 5) is 34.3. The number of nitrogens with zero attached hydrogens (tertiary/aromatic N) is 1. The topological polar surface area (TPSA) is 111 Å². The van der Waals surface area contributed by atoms with Gasteiger partial charge >= 0.3 is 0 Å². The van der Waals surface area contributed by atoms with Crippen molar-refractivity contribution in [2.75, 3.05) is 13.2 Å². The summed E-state index contributed by atoms with van der Waals surface area (Å²) in [5.74, 6) is 0.232. The number of rotatable bonds is 6. The number of carbonyl (C=O) groups is 2. The molecule has 0 fully saturated rings. The molecule has 3 rings (SSSR count). The molecule has 2 aromatic rings. The predicted octanol–water partition coefficient (Wildman–Crippen LogP) is 2.35. The lowest BCUT2D eigenvalue weighted by Gasteiger charge is -2.26. The average Bonchev–Trinajstić information content (AvgIpc) is 2.68. The number of hydrogen-bond donors (Lipinski definition) is 2. The average molecular weight is 369 g/mol. The summed E-state index contributed by atoms with van der Waals surface area (Å²) in [7, 11) is 0. The first-order chi connectivity index (χ1) is 13.0. The summed E-state index contributed by atoms with van der Waals surface area (Å²) in [5.41, 5.74) is 1.18. The molecule has 2 amide bonds. The Bertz CT molecular complexity index is 851. The zero-order valence-corrected chi connectivity index (χ0v) is 14.5. The molecule has 0 bridgehead atoms. The highest BCUT2D eigenvalue weighted by Crippen LogP contribution is 2.31. The maximum absolute atomic E-state index is 12.2. The number of benzene rings is 2. The van der Waals surface area contributed by atoms with Crippen LogP contribution in [-0.4, -0.2) is 29.9 Å². The Morgan fingerprint density at radius 1 is 1.15 bits per heavy atom. The van der Waals surface area contributed by atoms with Crippen molar-refractivity contribution in [3.8, 4) is 5.75 Å². The zero-order valence-electron chi connectivity index (χ0n) is 14.5. The van der Waals surface area contributed by atoms with Crippen molar-refractivity contribution in [1.29, 1.82) is 0 Å². The van der Waals surface area contributed by atoms with Gasteiger partial charge in [-0.25, -0.2) is 0 Å². The molecule has 1 aliphatic heterocycles. The van der Waals surface area contributed by atoms with Crippen LogP contribution < -0.4 is 15.4 Å². The minimum Gasteiger partial charge on any atom is -0.493 e. The molecule has 0 aliphatic carbocycles. The van der Waals surface area contributed by atoms with E-state index < -0.39 is 4.92 Å². The van der Waals surface area contributed by atoms with Gasteiger partial charge in [-0.2, -0.15) is 0 Å². The summed E-state index contributed by atoms with van der Waals surface area (Å²) in [5, 5.41) is 16.2. The fraction of sp³-hybridized carbons (Fsp3) is 0.263. The van der Waals surface area contributed by atoms with E-state index in [0.717, 1.165) is 11.3 Å². The molecule has 0 saturated heterocycles. The molecule has 0 saturated carbocycles. The zero-order chi connectivity index (χ0) is 19.2. The van der Waals surface area contributed by atoms with Crippen LogP contribution in [0.1, 0.15) is 34.8 Å². The number of nitrogens with one attached hydrogen (secondary N) is 2. The molecule has 8 heteroatoms. The highest BCUT2D eigenvalue weighted by molar-refractivity contribution is 5.94. The van der Waals surface area contributed by atoms with E-state index in [1.54, 1.807) is 0 Å². The second kappa shape index (κ2) is 8.31. The van der Waals surface area contributed by atoms with Gasteiger partial charge in [-0.05, 0) is 18.2 Å². The van der Waals surface area contributed by atoms with Gasteiger partial charge in [0.15, 0.2) is 0 Å². The Kier molecular flexibility index (Phi) is 5.65. The molecular weight excluding hydrogens is 350 g/mol. The fourth-order valence-electron chi connectivity index (χ4n) is 2.88. The van der Waals surface area contributed by atoms with Gasteiger partial charge in [-0.3, -0.25) is 19.7 Å². The molecule has 0 spiro atoms. The molecule has 8 nitrogen and oxygen atoms in total. The van der Waals surface area contributed by atoms with Crippen LogP contribution in [0.25, 0.3) is 0 Å². The van der Waals surface area contributed by atoms with E-state index in [2.05, 4.69) is 10.6 Å². The molecule has 27 heavy (non-hydrogen) atoms. The number of fused-ring (bicyclic) bond motifs is 1. The Labute approximate surface area is 155 Å². The van der Waals surface area contributed by atoms with Crippen molar-refractivity contribution >= 4 is 17.5 Å². The third-order valence-electron chi connectivity index (χ3n) is 4.27. The highest BCUT2D eigenvalue weighted by atomic mass is 16.6. The van der Waals surface area contributed by atoms with Crippen LogP contribution in [0.2, 0.25) is 0 Å². The third-order valence-corrected chi connectivity index (χ3v) is 4.27. The summed E-state index contributed by atoms with van der Waals surface area (Å²) in [6, 6.07) is 12.8. The summed E-state index contributed by atoms with van der Waals surface area (Å²) < 4.78 is 5.57. The van der Waals surface area contributed by atoms with Crippen LogP contribution in [0.4, 0.5) is 5.69 Å². The van der Waals surface area contributed by atoms with E-state index in [1.165, 1.54) is 24.3 Å². The van der Waals surface area contributed by atoms with Gasteiger partial charge in [0.25, 0.3) is 11.6 Å². The molecule has 2 aromatic carbocycles. The second-order valence-corrected chi connectivity index (χ2v) is 6.10. The van der Waals surface area contributed by atoms with Crippen LogP contribution in [0.5, 0.6) is 5.75 Å². The lowest BCUT2D eigenvalue weighted by atomic mass is 10.0. The highest BCUT2D eigenvalue weighted by Gasteiger charge is 2.22. The Morgan fingerprint density at radius 2 is 1.89 bits per heavy atom. The van der Waals surface area contributed by atoms with E-state index in [9.17, 15) is 19.7 Å². The number of ether oxygens (including phenoxy) is 1. The van der Waals surface area contributed by atoms with Crippen molar-refractivity contribution < 1.29 is 19.2 Å². The van der Waals surface area contributed by atoms with Crippen LogP contribution >= 0.6 is 0 Å². The van der Waals surface area contributed by atoms with Crippen LogP contribution in [0.3, 0.4) is 0 Å². The lowest BCUT2D eigenvalue weighted by molar-refractivity contribution is -0.384. The van der Waals surface area contributed by atoms with E-state index >= 15 is 0 Å². The number of nitro groups is 1. The fourth-order valence-corrected chi connectivity index (χ4v) is 2.88. The third kappa shape index (κ3) is 4.60. The molecule has 2 N–H and O–H groups in total. The number of para-hydroxylation sites is 1. The van der Waals surface area contributed by atoms with Gasteiger partial charge in [0.1, 0.15) is 5.75 Å². The first kappa shape index (κ1) is 18.4. The van der Waals surface area contributed by atoms with Crippen molar-refractivity contribution in [2.45, 2.75) is 18.9 Å². The Morgan fingerprint density at radius 3 is 2.63 bits per heavy atom. The predicted molar refractivity (Wildman–Crippen MR) is 97.5 cm³/mol. The lowest BCUT2D eigenvalue weighted by Crippen LogP contribution is -2.34. The summed E-state index contributed by atoms with van der Waals surface area (Å²) in [6.07, 6.45) is 0.830. The standard InChI is InChI=1S/C19H19N3O5/c23-18(21-16-10-12-27-17-4-2-1-3-15(16)17)9-11-20-19(24)13-5-7-14(8-6-13)22(25)26/h1-8,16H,9-12H2,(H,20,24)(H,21,23)/t16-/m1/s1. The molecule has 1 atom stereocenters. The number of amides is 2. The van der Waals surface area contributed by atoms with Gasteiger partial charge in [0.05, 0.1) is 17.6 Å². The number of hydrogen-bond acceptors (Lipinski definition) is 5. The summed E-state index contributed by atoms with van der Waals surface area (Å²) in [6.45, 7) is 0.714. The van der Waals surface area contributed by atoms with Crippen molar-refractivity contribution in [3.63, 3.8) is 0 Å². The van der Waals surface area contributed by atoms with E-state index in [-0.39, 0.29) is 36.5 Å². The molecule has 140 valence electrons. The minimum atomic E-state index is -0.527. The van der Waals surface area contributed by atoms with Crippen molar-refractivity contribution in [2.24, 2.45) is 0 Å². The number of nitro benzene ring substituents is 1. The molecule has 0 aromatic heterocycles.